The van der Waals surface area contributed by atoms with Crippen molar-refractivity contribution in [2.75, 3.05) is 0 Å². The van der Waals surface area contributed by atoms with E-state index in [4.69, 9.17) is 6.57 Å². The Bertz CT molecular complexity index is 2600. The maximum absolute atomic E-state index is 10.5. The third kappa shape index (κ3) is 3.22. The van der Waals surface area contributed by atoms with Crippen LogP contribution in [-0.4, -0.2) is 14.1 Å². The zero-order valence-corrected chi connectivity index (χ0v) is 24.7. The lowest BCUT2D eigenvalue weighted by atomic mass is 9.82. The van der Waals surface area contributed by atoms with Gasteiger partial charge in [-0.15, -0.1) is 0 Å². The number of benzene rings is 5. The van der Waals surface area contributed by atoms with E-state index in [-0.39, 0.29) is 5.41 Å². The molecule has 0 radical (unpaired) electrons. The number of aromatic nitrogens is 3. The summed E-state index contributed by atoms with van der Waals surface area (Å²) in [5.74, 6) is 0. The lowest BCUT2D eigenvalue weighted by Crippen LogP contribution is -2.15. The molecule has 45 heavy (non-hydrogen) atoms. The Balaban J connectivity index is 1.43. The summed E-state index contributed by atoms with van der Waals surface area (Å²) < 4.78 is 4.28. The van der Waals surface area contributed by atoms with Crippen LogP contribution in [0.15, 0.2) is 116 Å². The minimum atomic E-state index is -0.203. The summed E-state index contributed by atoms with van der Waals surface area (Å²) in [6, 6.07) is 37.9. The van der Waals surface area contributed by atoms with Crippen LogP contribution in [0.2, 0.25) is 0 Å². The molecule has 1 aliphatic rings. The number of nitriles is 1. The summed E-state index contributed by atoms with van der Waals surface area (Å²) in [5, 5.41) is 14.8. The predicted octanol–water partition coefficient (Wildman–Crippen LogP) is 10.0. The maximum Gasteiger partial charge on any atom is 0.235 e. The number of rotatable bonds is 2. The molecule has 0 saturated heterocycles. The lowest BCUT2D eigenvalue weighted by molar-refractivity contribution is 0.661. The number of hydrogen-bond acceptors (Lipinski definition) is 2. The lowest BCUT2D eigenvalue weighted by Gasteiger charge is -2.22. The van der Waals surface area contributed by atoms with Crippen molar-refractivity contribution in [1.82, 2.24) is 14.1 Å². The van der Waals surface area contributed by atoms with Gasteiger partial charge >= 0.3 is 0 Å². The van der Waals surface area contributed by atoms with Gasteiger partial charge in [-0.1, -0.05) is 74.5 Å². The van der Waals surface area contributed by atoms with Crippen LogP contribution >= 0.6 is 0 Å². The standard InChI is InChI=1S/C40H25N5/c1-40(2)31-13-7-4-10-25(31)28-20-29-30-23-43-19-18-35(30)45(37(29)21-32(28)40)39-24(22-41)16-17-36(38(39)42-3)44-33-14-8-5-11-26(33)27-12-6-9-15-34(27)44/h4-21,23H,1-2H3. The Morgan fingerprint density at radius 2 is 1.38 bits per heavy atom. The van der Waals surface area contributed by atoms with Crippen LogP contribution in [0.1, 0.15) is 30.5 Å². The summed E-state index contributed by atoms with van der Waals surface area (Å²) in [6.07, 6.45) is 3.68. The fourth-order valence-corrected chi connectivity index (χ4v) is 7.66. The molecular weight excluding hydrogens is 550 g/mol. The minimum Gasteiger partial charge on any atom is -0.319 e. The van der Waals surface area contributed by atoms with Gasteiger partial charge in [-0.3, -0.25) is 4.98 Å². The van der Waals surface area contributed by atoms with E-state index in [0.717, 1.165) is 49.3 Å². The highest BCUT2D eigenvalue weighted by molar-refractivity contribution is 6.13. The van der Waals surface area contributed by atoms with Gasteiger partial charge in [-0.05, 0) is 64.7 Å². The normalized spacial score (nSPS) is 13.2. The van der Waals surface area contributed by atoms with Gasteiger partial charge in [0.1, 0.15) is 0 Å². The molecule has 5 nitrogen and oxygen atoms in total. The molecule has 0 atom stereocenters. The molecule has 210 valence electrons. The average Bonchev–Trinajstić information content (AvgIpc) is 3.66. The summed E-state index contributed by atoms with van der Waals surface area (Å²) in [5.41, 5.74) is 10.9. The third-order valence-electron chi connectivity index (χ3n) is 9.68. The fraction of sp³-hybridized carbons (Fsp3) is 0.0750. The van der Waals surface area contributed by atoms with Crippen LogP contribution < -0.4 is 0 Å². The summed E-state index contributed by atoms with van der Waals surface area (Å²) >= 11 is 0. The van der Waals surface area contributed by atoms with Crippen molar-refractivity contribution >= 4 is 49.3 Å². The van der Waals surface area contributed by atoms with Crippen LogP contribution in [0.3, 0.4) is 0 Å². The van der Waals surface area contributed by atoms with E-state index in [1.165, 1.54) is 22.3 Å². The second-order valence-electron chi connectivity index (χ2n) is 12.2. The van der Waals surface area contributed by atoms with Crippen LogP contribution in [0.5, 0.6) is 0 Å². The van der Waals surface area contributed by atoms with Gasteiger partial charge in [0, 0.05) is 39.4 Å². The topological polar surface area (TPSA) is 50.9 Å². The van der Waals surface area contributed by atoms with Gasteiger partial charge in [0.15, 0.2) is 0 Å². The molecule has 0 saturated carbocycles. The number of pyridine rings is 1. The van der Waals surface area contributed by atoms with Gasteiger partial charge in [0.05, 0.1) is 51.6 Å². The van der Waals surface area contributed by atoms with E-state index in [9.17, 15) is 5.26 Å². The Morgan fingerprint density at radius 3 is 2.11 bits per heavy atom. The monoisotopic (exact) mass is 575 g/mol. The molecule has 9 rings (SSSR count). The molecule has 0 aliphatic heterocycles. The second kappa shape index (κ2) is 8.92. The Kier molecular flexibility index (Phi) is 5.03. The van der Waals surface area contributed by atoms with Crippen LogP contribution in [0.4, 0.5) is 5.69 Å². The largest absolute Gasteiger partial charge is 0.319 e. The van der Waals surface area contributed by atoms with Gasteiger partial charge in [-0.25, -0.2) is 4.85 Å². The van der Waals surface area contributed by atoms with Crippen molar-refractivity contribution in [2.24, 2.45) is 0 Å². The fourth-order valence-electron chi connectivity index (χ4n) is 7.66. The zero-order chi connectivity index (χ0) is 30.4. The molecule has 0 unspecified atom stereocenters. The second-order valence-corrected chi connectivity index (χ2v) is 12.2. The number of hydrogen-bond donors (Lipinski definition) is 0. The van der Waals surface area contributed by atoms with E-state index in [2.05, 4.69) is 99.5 Å². The molecule has 0 N–H and O–H groups in total. The van der Waals surface area contributed by atoms with E-state index >= 15 is 0 Å². The Morgan fingerprint density at radius 1 is 0.689 bits per heavy atom. The molecule has 0 fully saturated rings. The number of para-hydroxylation sites is 2. The number of fused-ring (bicyclic) bond motifs is 9. The molecule has 5 heteroatoms. The van der Waals surface area contributed by atoms with E-state index in [1.54, 1.807) is 6.20 Å². The predicted molar refractivity (Wildman–Crippen MR) is 181 cm³/mol. The zero-order valence-electron chi connectivity index (χ0n) is 24.7. The van der Waals surface area contributed by atoms with Crippen molar-refractivity contribution in [1.29, 1.82) is 5.26 Å². The maximum atomic E-state index is 10.5. The molecule has 5 aromatic carbocycles. The molecular formula is C40H25N5. The first-order chi connectivity index (χ1) is 22.0. The average molecular weight is 576 g/mol. The first-order valence-corrected chi connectivity index (χ1v) is 15.0. The van der Waals surface area contributed by atoms with Gasteiger partial charge in [-0.2, -0.15) is 5.26 Å². The third-order valence-corrected chi connectivity index (χ3v) is 9.68. The molecule has 8 aromatic rings. The quantitative estimate of drug-likeness (QED) is 0.193. The molecule has 0 amide bonds. The van der Waals surface area contributed by atoms with Crippen molar-refractivity contribution < 1.29 is 0 Å². The molecule has 3 aromatic heterocycles. The van der Waals surface area contributed by atoms with E-state index < -0.39 is 0 Å². The first kappa shape index (κ1) is 25.3. The molecule has 0 bridgehead atoms. The Hall–Kier alpha value is -6.17. The highest BCUT2D eigenvalue weighted by Crippen LogP contribution is 2.51. The van der Waals surface area contributed by atoms with Crippen molar-refractivity contribution in [3.05, 3.63) is 144 Å². The van der Waals surface area contributed by atoms with E-state index in [1.807, 2.05) is 48.7 Å². The Labute approximate surface area is 259 Å². The SMILES string of the molecule is [C-]#[N+]c1c(-n2c3ccccc3c3ccccc32)ccc(C#N)c1-n1c2ccncc2c2cc3c(cc21)C(C)(C)c1ccccc1-3. The van der Waals surface area contributed by atoms with Crippen molar-refractivity contribution in [2.45, 2.75) is 19.3 Å². The van der Waals surface area contributed by atoms with Crippen molar-refractivity contribution in [3.63, 3.8) is 0 Å². The van der Waals surface area contributed by atoms with Crippen molar-refractivity contribution in [3.8, 4) is 28.6 Å². The van der Waals surface area contributed by atoms with Crippen LogP contribution in [-0.2, 0) is 5.41 Å². The van der Waals surface area contributed by atoms with Crippen LogP contribution in [0, 0.1) is 17.9 Å². The van der Waals surface area contributed by atoms with Gasteiger partial charge < -0.3 is 9.13 Å². The van der Waals surface area contributed by atoms with Gasteiger partial charge in [0.2, 0.25) is 5.69 Å². The first-order valence-electron chi connectivity index (χ1n) is 15.0. The van der Waals surface area contributed by atoms with E-state index in [0.29, 0.717) is 16.9 Å². The summed E-state index contributed by atoms with van der Waals surface area (Å²) in [6.45, 7) is 13.1. The minimum absolute atomic E-state index is 0.203. The molecule has 0 spiro atoms. The smallest absolute Gasteiger partial charge is 0.235 e. The number of nitrogens with zero attached hydrogens (tertiary/aromatic N) is 5. The molecule has 3 heterocycles. The highest BCUT2D eigenvalue weighted by atomic mass is 15.1. The van der Waals surface area contributed by atoms with Crippen LogP contribution in [0.25, 0.3) is 71.0 Å². The highest BCUT2D eigenvalue weighted by Gasteiger charge is 2.36. The molecule has 1 aliphatic carbocycles. The van der Waals surface area contributed by atoms with Gasteiger partial charge in [0.25, 0.3) is 0 Å². The summed E-state index contributed by atoms with van der Waals surface area (Å²) in [4.78, 5) is 8.70. The summed E-state index contributed by atoms with van der Waals surface area (Å²) in [7, 11) is 0.